The van der Waals surface area contributed by atoms with Gasteiger partial charge in [0.2, 0.25) is 5.91 Å². The van der Waals surface area contributed by atoms with Crippen LogP contribution in [0.15, 0.2) is 91.0 Å². The van der Waals surface area contributed by atoms with Gasteiger partial charge in [0.25, 0.3) is 0 Å². The Hall–Kier alpha value is -2.91. The van der Waals surface area contributed by atoms with Crippen molar-refractivity contribution in [1.29, 1.82) is 0 Å². The van der Waals surface area contributed by atoms with Crippen molar-refractivity contribution in [1.82, 2.24) is 10.4 Å². The number of rotatable bonds is 5. The Bertz CT molecular complexity index is 781. The maximum atomic E-state index is 12.6. The molecule has 1 N–H and O–H groups in total. The normalized spacial score (nSPS) is 15.0. The third-order valence-corrected chi connectivity index (χ3v) is 5.25. The van der Waals surface area contributed by atoms with Gasteiger partial charge < -0.3 is 0 Å². The van der Waals surface area contributed by atoms with Gasteiger partial charge in [-0.25, -0.2) is 5.43 Å². The van der Waals surface area contributed by atoms with Crippen LogP contribution < -0.4 is 5.43 Å². The van der Waals surface area contributed by atoms with E-state index in [1.165, 1.54) is 0 Å². The molecule has 1 saturated heterocycles. The molecule has 0 aliphatic carbocycles. The lowest BCUT2D eigenvalue weighted by Gasteiger charge is -2.42. The summed E-state index contributed by atoms with van der Waals surface area (Å²) < 4.78 is 0. The van der Waals surface area contributed by atoms with Gasteiger partial charge in [0.05, 0.1) is 0 Å². The minimum absolute atomic E-state index is 0.161. The van der Waals surface area contributed by atoms with Crippen molar-refractivity contribution in [3.8, 4) is 0 Å². The molecule has 4 rings (SSSR count). The maximum absolute atomic E-state index is 12.6. The first-order chi connectivity index (χ1) is 13.3. The number of carbonyl (C=O) groups excluding carboxylic acids is 1. The van der Waals surface area contributed by atoms with Gasteiger partial charge in [-0.3, -0.25) is 9.80 Å². The molecule has 0 unspecified atom stereocenters. The van der Waals surface area contributed by atoms with E-state index >= 15 is 0 Å². The molecule has 1 amide bonds. The number of piperidine rings is 1. The van der Waals surface area contributed by atoms with Crippen molar-refractivity contribution < 1.29 is 4.79 Å². The predicted molar refractivity (Wildman–Crippen MR) is 108 cm³/mol. The van der Waals surface area contributed by atoms with Crippen LogP contribution in [0.4, 0.5) is 0 Å². The summed E-state index contributed by atoms with van der Waals surface area (Å²) in [6.45, 7) is 0.729. The van der Waals surface area contributed by atoms with E-state index in [0.29, 0.717) is 6.42 Å². The molecular formula is C24H24N2O. The number of carbonyl (C=O) groups is 1. The van der Waals surface area contributed by atoms with Gasteiger partial charge >= 0.3 is 0 Å². The lowest BCUT2D eigenvalue weighted by molar-refractivity contribution is -0.138. The average Bonchev–Trinajstić information content (AvgIpc) is 2.75. The molecule has 136 valence electrons. The van der Waals surface area contributed by atoms with Crippen LogP contribution in [0.25, 0.3) is 0 Å². The molecule has 3 aromatic carbocycles. The van der Waals surface area contributed by atoms with E-state index < -0.39 is 5.54 Å². The molecule has 1 aliphatic rings. The highest BCUT2D eigenvalue weighted by molar-refractivity contribution is 5.76. The van der Waals surface area contributed by atoms with E-state index in [2.05, 4.69) is 78.2 Å². The smallest absolute Gasteiger partial charge is 0.236 e. The summed E-state index contributed by atoms with van der Waals surface area (Å²) in [7, 11) is 0. The van der Waals surface area contributed by atoms with Crippen LogP contribution in [0.3, 0.4) is 0 Å². The van der Waals surface area contributed by atoms with Crippen LogP contribution in [-0.2, 0) is 10.3 Å². The lowest BCUT2D eigenvalue weighted by atomic mass is 9.77. The molecule has 0 atom stereocenters. The minimum Gasteiger partial charge on any atom is -0.277 e. The zero-order chi connectivity index (χ0) is 18.5. The summed E-state index contributed by atoms with van der Waals surface area (Å²) in [4.78, 5) is 12.6. The number of hydrazine groups is 1. The Morgan fingerprint density at radius 2 is 1.11 bits per heavy atom. The monoisotopic (exact) mass is 356 g/mol. The average molecular weight is 356 g/mol. The second-order valence-corrected chi connectivity index (χ2v) is 6.96. The Kier molecular flexibility index (Phi) is 5.03. The fraction of sp³-hybridized carbons (Fsp3) is 0.208. The van der Waals surface area contributed by atoms with Crippen molar-refractivity contribution in [3.63, 3.8) is 0 Å². The molecule has 27 heavy (non-hydrogen) atoms. The first-order valence-electron chi connectivity index (χ1n) is 9.55. The number of hydrogen-bond donors (Lipinski definition) is 1. The molecule has 0 spiro atoms. The molecule has 0 radical (unpaired) electrons. The second-order valence-electron chi connectivity index (χ2n) is 6.96. The van der Waals surface area contributed by atoms with Crippen molar-refractivity contribution in [2.24, 2.45) is 0 Å². The van der Waals surface area contributed by atoms with Crippen LogP contribution in [0.1, 0.15) is 36.0 Å². The predicted octanol–water partition coefficient (Wildman–Crippen LogP) is 4.50. The van der Waals surface area contributed by atoms with E-state index in [1.807, 2.05) is 23.2 Å². The molecule has 0 bridgehead atoms. The van der Waals surface area contributed by atoms with Crippen LogP contribution in [0.2, 0.25) is 0 Å². The van der Waals surface area contributed by atoms with Crippen molar-refractivity contribution in [2.75, 3.05) is 6.54 Å². The summed E-state index contributed by atoms with van der Waals surface area (Å²) in [6, 6.07) is 31.1. The fourth-order valence-corrected chi connectivity index (χ4v) is 3.88. The van der Waals surface area contributed by atoms with Gasteiger partial charge in [-0.2, -0.15) is 0 Å². The molecule has 3 aromatic rings. The molecule has 1 fully saturated rings. The SMILES string of the molecule is O=C1CCCCN1NC(c1ccccc1)(c1ccccc1)c1ccccc1. The summed E-state index contributed by atoms with van der Waals surface area (Å²) in [5.41, 5.74) is 6.36. The number of nitrogens with zero attached hydrogens (tertiary/aromatic N) is 1. The second kappa shape index (κ2) is 7.77. The third-order valence-electron chi connectivity index (χ3n) is 5.25. The molecule has 3 heteroatoms. The molecule has 1 heterocycles. The quantitative estimate of drug-likeness (QED) is 0.683. The van der Waals surface area contributed by atoms with Crippen molar-refractivity contribution in [2.45, 2.75) is 24.8 Å². The van der Waals surface area contributed by atoms with Gasteiger partial charge in [0.15, 0.2) is 0 Å². The Labute approximate surface area is 160 Å². The first kappa shape index (κ1) is 17.5. The van der Waals surface area contributed by atoms with Crippen LogP contribution in [-0.4, -0.2) is 17.5 Å². The van der Waals surface area contributed by atoms with Crippen molar-refractivity contribution in [3.05, 3.63) is 108 Å². The Morgan fingerprint density at radius 1 is 0.667 bits per heavy atom. The van der Waals surface area contributed by atoms with E-state index in [0.717, 1.165) is 36.1 Å². The fourth-order valence-electron chi connectivity index (χ4n) is 3.88. The Balaban J connectivity index is 1.93. The van der Waals surface area contributed by atoms with Gasteiger partial charge in [-0.15, -0.1) is 0 Å². The topological polar surface area (TPSA) is 32.3 Å². The van der Waals surface area contributed by atoms with Crippen LogP contribution in [0, 0.1) is 0 Å². The number of amides is 1. The maximum Gasteiger partial charge on any atom is 0.236 e. The molecule has 0 aromatic heterocycles. The van der Waals surface area contributed by atoms with E-state index in [4.69, 9.17) is 0 Å². The molecule has 3 nitrogen and oxygen atoms in total. The van der Waals surface area contributed by atoms with E-state index in [1.54, 1.807) is 0 Å². The van der Waals surface area contributed by atoms with E-state index in [9.17, 15) is 4.79 Å². The number of hydrogen-bond acceptors (Lipinski definition) is 2. The van der Waals surface area contributed by atoms with Crippen LogP contribution in [0.5, 0.6) is 0 Å². The first-order valence-corrected chi connectivity index (χ1v) is 9.55. The minimum atomic E-state index is -0.628. The van der Waals surface area contributed by atoms with Gasteiger partial charge in [-0.1, -0.05) is 91.0 Å². The lowest BCUT2D eigenvalue weighted by Crippen LogP contribution is -2.57. The third kappa shape index (κ3) is 3.38. The number of nitrogens with one attached hydrogen (secondary N) is 1. The summed E-state index contributed by atoms with van der Waals surface area (Å²) in [5, 5.41) is 1.82. The van der Waals surface area contributed by atoms with Crippen LogP contribution >= 0.6 is 0 Å². The number of benzene rings is 3. The van der Waals surface area contributed by atoms with Crippen molar-refractivity contribution >= 4 is 5.91 Å². The highest BCUT2D eigenvalue weighted by Crippen LogP contribution is 2.37. The molecule has 1 aliphatic heterocycles. The zero-order valence-corrected chi connectivity index (χ0v) is 15.3. The summed E-state index contributed by atoms with van der Waals surface area (Å²) in [6.07, 6.45) is 2.58. The van der Waals surface area contributed by atoms with Gasteiger partial charge in [-0.05, 0) is 29.5 Å². The highest BCUT2D eigenvalue weighted by atomic mass is 16.2. The van der Waals surface area contributed by atoms with Gasteiger partial charge in [0, 0.05) is 13.0 Å². The zero-order valence-electron chi connectivity index (χ0n) is 15.3. The largest absolute Gasteiger partial charge is 0.277 e. The van der Waals surface area contributed by atoms with Gasteiger partial charge in [0.1, 0.15) is 5.54 Å². The Morgan fingerprint density at radius 3 is 1.52 bits per heavy atom. The standard InChI is InChI=1S/C24H24N2O/c27-23-18-10-11-19-26(23)25-24(20-12-4-1-5-13-20,21-14-6-2-7-15-21)22-16-8-3-9-17-22/h1-9,12-17,25H,10-11,18-19H2. The molecule has 0 saturated carbocycles. The summed E-state index contributed by atoms with van der Waals surface area (Å²) >= 11 is 0. The molecular weight excluding hydrogens is 332 g/mol. The highest BCUT2D eigenvalue weighted by Gasteiger charge is 2.39. The summed E-state index contributed by atoms with van der Waals surface area (Å²) in [5.74, 6) is 0.161. The van der Waals surface area contributed by atoms with E-state index in [-0.39, 0.29) is 5.91 Å².